The monoisotopic (exact) mass is 475 g/mol. The van der Waals surface area contributed by atoms with E-state index in [0.29, 0.717) is 42.3 Å². The summed E-state index contributed by atoms with van der Waals surface area (Å²) in [5, 5.41) is 4.98. The SMILES string of the molecule is CCn1nc(C(=O)NNC(=O)C2CCCN(C(=O)c3cc(C)cc(C)c3)C2)c2ccccc2c1=O. The van der Waals surface area contributed by atoms with Crippen molar-refractivity contribution >= 4 is 28.5 Å². The molecule has 0 bridgehead atoms. The van der Waals surface area contributed by atoms with Gasteiger partial charge in [0, 0.05) is 30.6 Å². The summed E-state index contributed by atoms with van der Waals surface area (Å²) in [6.07, 6.45) is 1.30. The van der Waals surface area contributed by atoms with E-state index in [2.05, 4.69) is 16.0 Å². The predicted octanol–water partition coefficient (Wildman–Crippen LogP) is 2.35. The quantitative estimate of drug-likeness (QED) is 0.563. The van der Waals surface area contributed by atoms with Crippen molar-refractivity contribution in [3.8, 4) is 0 Å². The Balaban J connectivity index is 1.44. The highest BCUT2D eigenvalue weighted by atomic mass is 16.2. The summed E-state index contributed by atoms with van der Waals surface area (Å²) in [6, 6.07) is 12.5. The number of aryl methyl sites for hydroxylation is 3. The van der Waals surface area contributed by atoms with Gasteiger partial charge in [0.05, 0.1) is 11.3 Å². The van der Waals surface area contributed by atoms with Gasteiger partial charge in [-0.05, 0) is 51.8 Å². The molecule has 9 heteroatoms. The highest BCUT2D eigenvalue weighted by Gasteiger charge is 2.29. The Morgan fingerprint density at radius 3 is 2.40 bits per heavy atom. The third-order valence-electron chi connectivity index (χ3n) is 6.23. The van der Waals surface area contributed by atoms with Crippen molar-refractivity contribution in [2.24, 2.45) is 5.92 Å². The first kappa shape index (κ1) is 24.1. The van der Waals surface area contributed by atoms with Crippen LogP contribution in [-0.4, -0.2) is 45.5 Å². The number of carbonyl (C=O) groups is 3. The number of fused-ring (bicyclic) bond motifs is 1. The van der Waals surface area contributed by atoms with Crippen molar-refractivity contribution in [1.29, 1.82) is 0 Å². The van der Waals surface area contributed by atoms with E-state index in [4.69, 9.17) is 0 Å². The lowest BCUT2D eigenvalue weighted by Gasteiger charge is -2.32. The summed E-state index contributed by atoms with van der Waals surface area (Å²) in [7, 11) is 0. The van der Waals surface area contributed by atoms with Crippen LogP contribution in [0.1, 0.15) is 51.7 Å². The zero-order chi connectivity index (χ0) is 25.1. The van der Waals surface area contributed by atoms with Gasteiger partial charge in [-0.25, -0.2) is 4.68 Å². The van der Waals surface area contributed by atoms with Crippen LogP contribution in [0.5, 0.6) is 0 Å². The Labute approximate surface area is 203 Å². The number of benzene rings is 2. The van der Waals surface area contributed by atoms with Crippen LogP contribution in [0.4, 0.5) is 0 Å². The fourth-order valence-corrected chi connectivity index (χ4v) is 4.55. The minimum atomic E-state index is -0.615. The van der Waals surface area contributed by atoms with E-state index >= 15 is 0 Å². The van der Waals surface area contributed by atoms with Crippen LogP contribution in [0, 0.1) is 19.8 Å². The van der Waals surface area contributed by atoms with Crippen molar-refractivity contribution in [3.05, 3.63) is 75.2 Å². The maximum atomic E-state index is 13.0. The van der Waals surface area contributed by atoms with Crippen LogP contribution < -0.4 is 16.4 Å². The molecule has 0 spiro atoms. The van der Waals surface area contributed by atoms with Crippen LogP contribution in [-0.2, 0) is 11.3 Å². The average Bonchev–Trinajstić information content (AvgIpc) is 2.86. The molecule has 0 radical (unpaired) electrons. The third-order valence-corrected chi connectivity index (χ3v) is 6.23. The number of piperidine rings is 1. The Kier molecular flexibility index (Phi) is 6.95. The number of nitrogens with one attached hydrogen (secondary N) is 2. The highest BCUT2D eigenvalue weighted by molar-refractivity contribution is 6.05. The smallest absolute Gasteiger partial charge is 0.290 e. The van der Waals surface area contributed by atoms with Crippen molar-refractivity contribution in [2.45, 2.75) is 40.2 Å². The number of likely N-dealkylation sites (tertiary alicyclic amines) is 1. The van der Waals surface area contributed by atoms with Crippen LogP contribution in [0.25, 0.3) is 10.8 Å². The Bertz CT molecular complexity index is 1340. The zero-order valence-electron chi connectivity index (χ0n) is 20.1. The first-order chi connectivity index (χ1) is 16.8. The molecule has 2 aromatic carbocycles. The molecule has 1 fully saturated rings. The molecule has 3 aromatic rings. The molecular formula is C26H29N5O4. The normalized spacial score (nSPS) is 15.6. The minimum absolute atomic E-state index is 0.0533. The number of amides is 3. The van der Waals surface area contributed by atoms with Crippen molar-refractivity contribution in [2.75, 3.05) is 13.1 Å². The van der Waals surface area contributed by atoms with Crippen molar-refractivity contribution in [3.63, 3.8) is 0 Å². The number of carbonyl (C=O) groups excluding carboxylic acids is 3. The molecule has 182 valence electrons. The Morgan fingerprint density at radius 2 is 1.71 bits per heavy atom. The number of nitrogens with zero attached hydrogens (tertiary/aromatic N) is 3. The molecule has 0 saturated carbocycles. The van der Waals surface area contributed by atoms with Crippen LogP contribution in [0.2, 0.25) is 0 Å². The molecule has 1 aromatic heterocycles. The van der Waals surface area contributed by atoms with Gasteiger partial charge in [-0.2, -0.15) is 5.10 Å². The van der Waals surface area contributed by atoms with E-state index in [1.807, 2.05) is 32.0 Å². The Hall–Kier alpha value is -4.01. The minimum Gasteiger partial charge on any atom is -0.338 e. The standard InChI is InChI=1S/C26H29N5O4/c1-4-31-26(35)21-10-6-5-9-20(21)22(29-31)24(33)28-27-23(32)18-8-7-11-30(15-18)25(34)19-13-16(2)12-17(3)14-19/h5-6,9-10,12-14,18H,4,7-8,11,15H2,1-3H3,(H,27,32)(H,28,33). The van der Waals surface area contributed by atoms with Gasteiger partial charge in [0.15, 0.2) is 5.69 Å². The molecule has 3 amide bonds. The highest BCUT2D eigenvalue weighted by Crippen LogP contribution is 2.20. The lowest BCUT2D eigenvalue weighted by molar-refractivity contribution is -0.127. The summed E-state index contributed by atoms with van der Waals surface area (Å²) < 4.78 is 1.22. The first-order valence-electron chi connectivity index (χ1n) is 11.8. The molecule has 0 aliphatic carbocycles. The molecule has 35 heavy (non-hydrogen) atoms. The van der Waals surface area contributed by atoms with Gasteiger partial charge in [0.1, 0.15) is 0 Å². The van der Waals surface area contributed by atoms with Crippen LogP contribution >= 0.6 is 0 Å². The van der Waals surface area contributed by atoms with Gasteiger partial charge < -0.3 is 4.90 Å². The molecule has 1 aliphatic heterocycles. The molecule has 4 rings (SSSR count). The lowest BCUT2D eigenvalue weighted by Crippen LogP contribution is -2.50. The predicted molar refractivity (Wildman–Crippen MR) is 132 cm³/mol. The summed E-state index contributed by atoms with van der Waals surface area (Å²) in [4.78, 5) is 52.9. The van der Waals surface area contributed by atoms with Gasteiger partial charge in [-0.1, -0.05) is 35.4 Å². The van der Waals surface area contributed by atoms with Gasteiger partial charge >= 0.3 is 0 Å². The number of hydrazine groups is 1. The molecule has 1 unspecified atom stereocenters. The third kappa shape index (κ3) is 5.08. The second kappa shape index (κ2) is 10.1. The second-order valence-electron chi connectivity index (χ2n) is 8.93. The van der Waals surface area contributed by atoms with Gasteiger partial charge in [0.25, 0.3) is 17.4 Å². The number of hydrogen-bond acceptors (Lipinski definition) is 5. The molecule has 2 N–H and O–H groups in total. The molecule has 9 nitrogen and oxygen atoms in total. The van der Waals surface area contributed by atoms with E-state index in [1.54, 1.807) is 36.1 Å². The van der Waals surface area contributed by atoms with E-state index in [0.717, 1.165) is 11.1 Å². The molecular weight excluding hydrogens is 446 g/mol. The molecule has 2 heterocycles. The second-order valence-corrected chi connectivity index (χ2v) is 8.93. The van der Waals surface area contributed by atoms with Gasteiger partial charge in [-0.3, -0.25) is 30.0 Å². The summed E-state index contributed by atoms with van der Waals surface area (Å²) in [5.74, 6) is -1.54. The lowest BCUT2D eigenvalue weighted by atomic mass is 9.96. The Morgan fingerprint density at radius 1 is 1.03 bits per heavy atom. The van der Waals surface area contributed by atoms with E-state index in [9.17, 15) is 19.2 Å². The maximum absolute atomic E-state index is 13.0. The summed E-state index contributed by atoms with van der Waals surface area (Å²) >= 11 is 0. The first-order valence-corrected chi connectivity index (χ1v) is 11.8. The average molecular weight is 476 g/mol. The van der Waals surface area contributed by atoms with Crippen molar-refractivity contribution < 1.29 is 14.4 Å². The number of rotatable bonds is 4. The number of aromatic nitrogens is 2. The molecule has 1 atom stereocenters. The van der Waals surface area contributed by atoms with Crippen LogP contribution in [0.15, 0.2) is 47.3 Å². The fraction of sp³-hybridized carbons (Fsp3) is 0.346. The van der Waals surface area contributed by atoms with Gasteiger partial charge in [0.2, 0.25) is 5.91 Å². The maximum Gasteiger partial charge on any atom is 0.290 e. The van der Waals surface area contributed by atoms with E-state index < -0.39 is 11.8 Å². The summed E-state index contributed by atoms with van der Waals surface area (Å²) in [6.45, 7) is 6.82. The van der Waals surface area contributed by atoms with Crippen molar-refractivity contribution in [1.82, 2.24) is 25.5 Å². The topological polar surface area (TPSA) is 113 Å². The van der Waals surface area contributed by atoms with E-state index in [-0.39, 0.29) is 29.6 Å². The van der Waals surface area contributed by atoms with Gasteiger partial charge in [-0.15, -0.1) is 0 Å². The van der Waals surface area contributed by atoms with E-state index in [1.165, 1.54) is 4.68 Å². The zero-order valence-corrected chi connectivity index (χ0v) is 20.1. The largest absolute Gasteiger partial charge is 0.338 e. The van der Waals surface area contributed by atoms with Crippen LogP contribution in [0.3, 0.4) is 0 Å². The molecule has 1 saturated heterocycles. The summed E-state index contributed by atoms with van der Waals surface area (Å²) in [5.41, 5.74) is 7.32. The fourth-order valence-electron chi connectivity index (χ4n) is 4.55. The molecule has 1 aliphatic rings. The number of hydrogen-bond donors (Lipinski definition) is 2.